The molecule has 23 heavy (non-hydrogen) atoms. The molecule has 116 valence electrons. The van der Waals surface area contributed by atoms with E-state index in [9.17, 15) is 4.79 Å². The lowest BCUT2D eigenvalue weighted by Gasteiger charge is -2.22. The minimum absolute atomic E-state index is 0.151. The molecule has 0 bridgehead atoms. The molecule has 4 nitrogen and oxygen atoms in total. The number of anilines is 1. The van der Waals surface area contributed by atoms with Gasteiger partial charge in [-0.3, -0.25) is 4.79 Å². The third-order valence-corrected chi connectivity index (χ3v) is 4.62. The van der Waals surface area contributed by atoms with Crippen LogP contribution in [0, 0.1) is 0 Å². The minimum atomic E-state index is 0.151. The van der Waals surface area contributed by atoms with Crippen LogP contribution >= 0.6 is 0 Å². The lowest BCUT2D eigenvalue weighted by atomic mass is 10.1. The van der Waals surface area contributed by atoms with Crippen molar-refractivity contribution in [2.24, 2.45) is 7.05 Å². The predicted molar refractivity (Wildman–Crippen MR) is 91.5 cm³/mol. The molecule has 0 saturated carbocycles. The summed E-state index contributed by atoms with van der Waals surface area (Å²) in [6, 6.07) is 14.5. The Bertz CT molecular complexity index is 897. The Balaban J connectivity index is 1.62. The summed E-state index contributed by atoms with van der Waals surface area (Å²) in [5, 5.41) is 0. The van der Waals surface area contributed by atoms with Crippen molar-refractivity contribution in [2.75, 3.05) is 4.90 Å². The SMILES string of the molecule is CC1Cc2ccccc2N1C(=O)Cc1ccc2c(c1)ncn2C. The zero-order valence-electron chi connectivity index (χ0n) is 13.4. The third kappa shape index (κ3) is 2.31. The number of carbonyl (C=O) groups is 1. The maximum atomic E-state index is 12.8. The zero-order valence-corrected chi connectivity index (χ0v) is 13.4. The van der Waals surface area contributed by atoms with E-state index in [-0.39, 0.29) is 11.9 Å². The van der Waals surface area contributed by atoms with Gasteiger partial charge in [0.2, 0.25) is 5.91 Å². The summed E-state index contributed by atoms with van der Waals surface area (Å²) < 4.78 is 1.99. The van der Waals surface area contributed by atoms with Gasteiger partial charge in [-0.25, -0.2) is 4.98 Å². The largest absolute Gasteiger partial charge is 0.334 e. The second-order valence-electron chi connectivity index (χ2n) is 6.30. The fraction of sp³-hybridized carbons (Fsp3) is 0.263. The van der Waals surface area contributed by atoms with E-state index in [4.69, 9.17) is 0 Å². The highest BCUT2D eigenvalue weighted by molar-refractivity contribution is 5.97. The Hall–Kier alpha value is -2.62. The van der Waals surface area contributed by atoms with Gasteiger partial charge in [0.15, 0.2) is 0 Å². The molecule has 0 spiro atoms. The maximum Gasteiger partial charge on any atom is 0.231 e. The van der Waals surface area contributed by atoms with Gasteiger partial charge in [-0.15, -0.1) is 0 Å². The molecule has 0 aliphatic carbocycles. The molecule has 1 atom stereocenters. The number of aryl methyl sites for hydroxylation is 1. The molecule has 1 aliphatic rings. The smallest absolute Gasteiger partial charge is 0.231 e. The first-order valence-corrected chi connectivity index (χ1v) is 7.93. The monoisotopic (exact) mass is 305 g/mol. The van der Waals surface area contributed by atoms with Crippen LogP contribution < -0.4 is 4.90 Å². The van der Waals surface area contributed by atoms with Crippen LogP contribution in [-0.2, 0) is 24.7 Å². The number of para-hydroxylation sites is 1. The number of amides is 1. The van der Waals surface area contributed by atoms with Crippen LogP contribution in [0.1, 0.15) is 18.1 Å². The summed E-state index contributed by atoms with van der Waals surface area (Å²) >= 11 is 0. The van der Waals surface area contributed by atoms with Crippen LogP contribution in [-0.4, -0.2) is 21.5 Å². The fourth-order valence-electron chi connectivity index (χ4n) is 3.50. The van der Waals surface area contributed by atoms with Gasteiger partial charge in [0, 0.05) is 18.8 Å². The topological polar surface area (TPSA) is 38.1 Å². The average Bonchev–Trinajstić information content (AvgIpc) is 3.06. The molecule has 0 N–H and O–H groups in total. The molecule has 1 unspecified atom stereocenters. The molecule has 0 saturated heterocycles. The zero-order chi connectivity index (χ0) is 16.0. The number of fused-ring (bicyclic) bond motifs is 2. The van der Waals surface area contributed by atoms with Crippen molar-refractivity contribution in [3.05, 3.63) is 59.9 Å². The van der Waals surface area contributed by atoms with Crippen molar-refractivity contribution in [1.82, 2.24) is 9.55 Å². The second kappa shape index (κ2) is 5.23. The van der Waals surface area contributed by atoms with Gasteiger partial charge < -0.3 is 9.47 Å². The molecule has 0 radical (unpaired) electrons. The summed E-state index contributed by atoms with van der Waals surface area (Å²) in [5.74, 6) is 0.151. The number of aromatic nitrogens is 2. The summed E-state index contributed by atoms with van der Waals surface area (Å²) in [6.07, 6.45) is 3.14. The van der Waals surface area contributed by atoms with Crippen LogP contribution in [0.2, 0.25) is 0 Å². The van der Waals surface area contributed by atoms with Gasteiger partial charge in [-0.1, -0.05) is 24.3 Å². The van der Waals surface area contributed by atoms with Gasteiger partial charge in [0.1, 0.15) is 0 Å². The lowest BCUT2D eigenvalue weighted by molar-refractivity contribution is -0.118. The highest BCUT2D eigenvalue weighted by Gasteiger charge is 2.30. The van der Waals surface area contributed by atoms with Crippen LogP contribution in [0.3, 0.4) is 0 Å². The number of rotatable bonds is 2. The van der Waals surface area contributed by atoms with Crippen molar-refractivity contribution in [2.45, 2.75) is 25.8 Å². The van der Waals surface area contributed by atoms with Gasteiger partial charge in [0.05, 0.1) is 23.8 Å². The molecule has 1 amide bonds. The molecule has 1 aromatic heterocycles. The predicted octanol–water partition coefficient (Wildman–Crippen LogP) is 3.09. The number of hydrogen-bond acceptors (Lipinski definition) is 2. The van der Waals surface area contributed by atoms with Crippen LogP contribution in [0.25, 0.3) is 11.0 Å². The molecule has 3 aromatic rings. The number of imidazole rings is 1. The van der Waals surface area contributed by atoms with Crippen molar-refractivity contribution < 1.29 is 4.79 Å². The maximum absolute atomic E-state index is 12.8. The van der Waals surface area contributed by atoms with E-state index >= 15 is 0 Å². The van der Waals surface area contributed by atoms with E-state index in [0.29, 0.717) is 6.42 Å². The quantitative estimate of drug-likeness (QED) is 0.729. The van der Waals surface area contributed by atoms with Crippen LogP contribution in [0.5, 0.6) is 0 Å². The second-order valence-corrected chi connectivity index (χ2v) is 6.30. The summed E-state index contributed by atoms with van der Waals surface area (Å²) in [7, 11) is 1.98. The number of hydrogen-bond donors (Lipinski definition) is 0. The average molecular weight is 305 g/mol. The first-order valence-electron chi connectivity index (χ1n) is 7.93. The summed E-state index contributed by atoms with van der Waals surface area (Å²) in [6.45, 7) is 2.11. The number of carbonyl (C=O) groups excluding carboxylic acids is 1. The molecule has 1 aliphatic heterocycles. The molecule has 2 aromatic carbocycles. The Kier molecular flexibility index (Phi) is 3.18. The number of benzene rings is 2. The van der Waals surface area contributed by atoms with E-state index in [1.54, 1.807) is 6.33 Å². The van der Waals surface area contributed by atoms with E-state index in [2.05, 4.69) is 18.0 Å². The van der Waals surface area contributed by atoms with Crippen molar-refractivity contribution in [3.8, 4) is 0 Å². The molecule has 4 heteroatoms. The fourth-order valence-corrected chi connectivity index (χ4v) is 3.50. The first kappa shape index (κ1) is 14.0. The molecule has 0 fully saturated rings. The Morgan fingerprint density at radius 1 is 1.26 bits per heavy atom. The highest BCUT2D eigenvalue weighted by atomic mass is 16.2. The number of nitrogens with zero attached hydrogens (tertiary/aromatic N) is 3. The van der Waals surface area contributed by atoms with E-state index in [1.807, 2.05) is 52.9 Å². The third-order valence-electron chi connectivity index (χ3n) is 4.62. The summed E-state index contributed by atoms with van der Waals surface area (Å²) in [4.78, 5) is 19.1. The van der Waals surface area contributed by atoms with Crippen molar-refractivity contribution >= 4 is 22.6 Å². The first-order chi connectivity index (χ1) is 11.1. The van der Waals surface area contributed by atoms with Crippen molar-refractivity contribution in [3.63, 3.8) is 0 Å². The van der Waals surface area contributed by atoms with Gasteiger partial charge >= 0.3 is 0 Å². The Labute approximate surface area is 135 Å². The van der Waals surface area contributed by atoms with Crippen molar-refractivity contribution in [1.29, 1.82) is 0 Å². The Morgan fingerprint density at radius 3 is 2.96 bits per heavy atom. The standard InChI is InChI=1S/C19H19N3O/c1-13-9-15-5-3-4-6-17(15)22(13)19(23)11-14-7-8-18-16(10-14)20-12-21(18)2/h3-8,10,12-13H,9,11H2,1-2H3. The minimum Gasteiger partial charge on any atom is -0.334 e. The highest BCUT2D eigenvalue weighted by Crippen LogP contribution is 2.32. The normalized spacial score (nSPS) is 16.8. The Morgan fingerprint density at radius 2 is 2.09 bits per heavy atom. The van der Waals surface area contributed by atoms with Gasteiger partial charge in [-0.2, -0.15) is 0 Å². The van der Waals surface area contributed by atoms with E-state index in [0.717, 1.165) is 28.7 Å². The van der Waals surface area contributed by atoms with Gasteiger partial charge in [0.25, 0.3) is 0 Å². The van der Waals surface area contributed by atoms with Crippen LogP contribution in [0.15, 0.2) is 48.8 Å². The molecular weight excluding hydrogens is 286 g/mol. The molecular formula is C19H19N3O. The van der Waals surface area contributed by atoms with Gasteiger partial charge in [-0.05, 0) is 42.7 Å². The van der Waals surface area contributed by atoms with Crippen LogP contribution in [0.4, 0.5) is 5.69 Å². The lowest BCUT2D eigenvalue weighted by Crippen LogP contribution is -2.36. The van der Waals surface area contributed by atoms with E-state index < -0.39 is 0 Å². The van der Waals surface area contributed by atoms with E-state index in [1.165, 1.54) is 5.56 Å². The molecule has 4 rings (SSSR count). The summed E-state index contributed by atoms with van der Waals surface area (Å²) in [5.41, 5.74) is 5.35. The molecule has 2 heterocycles.